The molecule has 0 fully saturated rings. The first kappa shape index (κ1) is 22.2. The van der Waals surface area contributed by atoms with Crippen molar-refractivity contribution >= 4 is 15.9 Å². The van der Waals surface area contributed by atoms with E-state index in [1.807, 2.05) is 0 Å². The molecule has 0 unspecified atom stereocenters. The Kier molecular flexibility index (Phi) is 7.76. The Bertz CT molecular complexity index is 973. The van der Waals surface area contributed by atoms with E-state index in [1.54, 1.807) is 18.2 Å². The zero-order chi connectivity index (χ0) is 21.4. The van der Waals surface area contributed by atoms with E-state index >= 15 is 0 Å². The Morgan fingerprint density at radius 1 is 1.03 bits per heavy atom. The Balaban J connectivity index is 1.69. The number of hydrogen-bond donors (Lipinski definition) is 1. The zero-order valence-electron chi connectivity index (χ0n) is 16.9. The molecule has 5 nitrogen and oxygen atoms in total. The van der Waals surface area contributed by atoms with Gasteiger partial charge in [0.1, 0.15) is 5.82 Å². The van der Waals surface area contributed by atoms with E-state index in [0.717, 1.165) is 23.6 Å². The van der Waals surface area contributed by atoms with Crippen molar-refractivity contribution in [1.82, 2.24) is 9.62 Å². The molecule has 3 rings (SSSR count). The predicted molar refractivity (Wildman–Crippen MR) is 115 cm³/mol. The highest BCUT2D eigenvalue weighted by molar-refractivity contribution is 7.89. The number of carbonyl (C=O) groups is 1. The molecule has 0 radical (unpaired) electrons. The first-order valence-corrected chi connectivity index (χ1v) is 11.6. The van der Waals surface area contributed by atoms with E-state index in [4.69, 9.17) is 0 Å². The van der Waals surface area contributed by atoms with Gasteiger partial charge in [-0.2, -0.15) is 4.31 Å². The second kappa shape index (κ2) is 10.5. The third-order valence-corrected chi connectivity index (χ3v) is 6.93. The summed E-state index contributed by atoms with van der Waals surface area (Å²) in [6.07, 6.45) is 7.57. The van der Waals surface area contributed by atoms with Crippen LogP contribution >= 0.6 is 0 Å². The number of halogens is 1. The molecule has 30 heavy (non-hydrogen) atoms. The summed E-state index contributed by atoms with van der Waals surface area (Å²) in [4.78, 5) is 12.6. The van der Waals surface area contributed by atoms with Crippen molar-refractivity contribution in [2.45, 2.75) is 43.5 Å². The van der Waals surface area contributed by atoms with E-state index in [9.17, 15) is 17.6 Å². The number of sulfonamides is 1. The molecule has 0 saturated carbocycles. The number of benzene rings is 2. The molecule has 160 valence electrons. The molecule has 0 atom stereocenters. The van der Waals surface area contributed by atoms with Gasteiger partial charge in [0.15, 0.2) is 0 Å². The monoisotopic (exact) mass is 430 g/mol. The molecular formula is C23H27FN2O3S. The standard InChI is InChI=1S/C23H27FN2O3S/c24-21-13-11-20(12-14-21)17-26(30(28,29)22-9-5-2-6-10-22)18-23(27)25-16-15-19-7-3-1-4-8-19/h2,5-7,9-14H,1,3-4,8,15-18H2,(H,25,27). The quantitative estimate of drug-likeness (QED) is 0.611. The van der Waals surface area contributed by atoms with Crippen molar-refractivity contribution in [1.29, 1.82) is 0 Å². The summed E-state index contributed by atoms with van der Waals surface area (Å²) >= 11 is 0. The molecule has 0 bridgehead atoms. The molecule has 0 heterocycles. The fourth-order valence-electron chi connectivity index (χ4n) is 3.47. The second-order valence-electron chi connectivity index (χ2n) is 7.42. The van der Waals surface area contributed by atoms with Crippen LogP contribution in [0, 0.1) is 5.82 Å². The highest BCUT2D eigenvalue weighted by atomic mass is 32.2. The third-order valence-electron chi connectivity index (χ3n) is 5.13. The fraction of sp³-hybridized carbons (Fsp3) is 0.348. The lowest BCUT2D eigenvalue weighted by Crippen LogP contribution is -2.40. The molecule has 0 aromatic heterocycles. The molecule has 2 aromatic carbocycles. The van der Waals surface area contributed by atoms with Gasteiger partial charge in [0, 0.05) is 13.1 Å². The maximum Gasteiger partial charge on any atom is 0.243 e. The minimum absolute atomic E-state index is 0.0178. The SMILES string of the molecule is O=C(CN(Cc1ccc(F)cc1)S(=O)(=O)c1ccccc1)NCCC1=CCCCC1. The van der Waals surface area contributed by atoms with E-state index in [1.165, 1.54) is 54.8 Å². The minimum Gasteiger partial charge on any atom is -0.355 e. The number of nitrogens with zero attached hydrogens (tertiary/aromatic N) is 1. The van der Waals surface area contributed by atoms with Crippen LogP contribution in [0.4, 0.5) is 4.39 Å². The summed E-state index contributed by atoms with van der Waals surface area (Å²) in [5, 5.41) is 2.83. The molecule has 1 aliphatic rings. The number of rotatable bonds is 9. The number of amides is 1. The van der Waals surface area contributed by atoms with Crippen molar-refractivity contribution in [3.8, 4) is 0 Å². The maximum absolute atomic E-state index is 13.2. The van der Waals surface area contributed by atoms with Gasteiger partial charge in [0.2, 0.25) is 15.9 Å². The summed E-state index contributed by atoms with van der Waals surface area (Å²) in [5.41, 5.74) is 1.96. The lowest BCUT2D eigenvalue weighted by Gasteiger charge is -2.22. The molecular weight excluding hydrogens is 403 g/mol. The van der Waals surface area contributed by atoms with Gasteiger partial charge in [0.25, 0.3) is 0 Å². The van der Waals surface area contributed by atoms with Gasteiger partial charge in [-0.25, -0.2) is 12.8 Å². The largest absolute Gasteiger partial charge is 0.355 e. The Morgan fingerprint density at radius 2 is 1.77 bits per heavy atom. The zero-order valence-corrected chi connectivity index (χ0v) is 17.7. The highest BCUT2D eigenvalue weighted by Crippen LogP contribution is 2.20. The predicted octanol–water partition coefficient (Wildman–Crippen LogP) is 4.02. The van der Waals surface area contributed by atoms with Crippen LogP contribution in [-0.2, 0) is 21.4 Å². The summed E-state index contributed by atoms with van der Waals surface area (Å²) < 4.78 is 40.6. The number of carbonyl (C=O) groups excluding carboxylic acids is 1. The van der Waals surface area contributed by atoms with Gasteiger partial charge in [-0.15, -0.1) is 0 Å². The number of allylic oxidation sites excluding steroid dienone is 1. The van der Waals surface area contributed by atoms with Crippen LogP contribution in [0.1, 0.15) is 37.7 Å². The molecule has 1 amide bonds. The topological polar surface area (TPSA) is 66.5 Å². The third kappa shape index (κ3) is 6.24. The van der Waals surface area contributed by atoms with Gasteiger partial charge in [0.05, 0.1) is 11.4 Å². The number of nitrogens with one attached hydrogen (secondary N) is 1. The van der Waals surface area contributed by atoms with Crippen molar-refractivity contribution < 1.29 is 17.6 Å². The van der Waals surface area contributed by atoms with E-state index in [0.29, 0.717) is 12.1 Å². The van der Waals surface area contributed by atoms with Crippen LogP contribution in [0.3, 0.4) is 0 Å². The Labute approximate surface area is 177 Å². The van der Waals surface area contributed by atoms with Crippen LogP contribution in [0.2, 0.25) is 0 Å². The first-order valence-electron chi connectivity index (χ1n) is 10.2. The molecule has 1 N–H and O–H groups in total. The maximum atomic E-state index is 13.2. The van der Waals surface area contributed by atoms with Crippen LogP contribution < -0.4 is 5.32 Å². The highest BCUT2D eigenvalue weighted by Gasteiger charge is 2.26. The average Bonchev–Trinajstić information content (AvgIpc) is 2.76. The number of hydrogen-bond acceptors (Lipinski definition) is 3. The van der Waals surface area contributed by atoms with Gasteiger partial charge < -0.3 is 5.32 Å². The summed E-state index contributed by atoms with van der Waals surface area (Å²) in [6, 6.07) is 13.6. The van der Waals surface area contributed by atoms with Crippen molar-refractivity contribution in [2.75, 3.05) is 13.1 Å². The van der Waals surface area contributed by atoms with Gasteiger partial charge >= 0.3 is 0 Å². The van der Waals surface area contributed by atoms with Crippen molar-refractivity contribution in [2.24, 2.45) is 0 Å². The Hall–Kier alpha value is -2.51. The summed E-state index contributed by atoms with van der Waals surface area (Å²) in [7, 11) is -3.88. The smallest absolute Gasteiger partial charge is 0.243 e. The average molecular weight is 431 g/mol. The van der Waals surface area contributed by atoms with E-state index < -0.39 is 15.8 Å². The van der Waals surface area contributed by atoms with Gasteiger partial charge in [-0.3, -0.25) is 4.79 Å². The second-order valence-corrected chi connectivity index (χ2v) is 9.36. The van der Waals surface area contributed by atoms with E-state index in [-0.39, 0.29) is 23.9 Å². The molecule has 0 saturated heterocycles. The summed E-state index contributed by atoms with van der Waals surface area (Å²) in [6.45, 7) is 0.171. The Morgan fingerprint density at radius 3 is 2.43 bits per heavy atom. The van der Waals surface area contributed by atoms with Gasteiger partial charge in [-0.1, -0.05) is 42.0 Å². The minimum atomic E-state index is -3.88. The van der Waals surface area contributed by atoms with Crippen molar-refractivity contribution in [3.05, 3.63) is 77.6 Å². The van der Waals surface area contributed by atoms with Crippen LogP contribution in [-0.4, -0.2) is 31.7 Å². The van der Waals surface area contributed by atoms with Gasteiger partial charge in [-0.05, 0) is 61.9 Å². The first-order chi connectivity index (χ1) is 14.4. The van der Waals surface area contributed by atoms with Crippen LogP contribution in [0.5, 0.6) is 0 Å². The summed E-state index contributed by atoms with van der Waals surface area (Å²) in [5.74, 6) is -0.751. The normalized spacial score (nSPS) is 14.4. The molecule has 7 heteroatoms. The van der Waals surface area contributed by atoms with Crippen molar-refractivity contribution in [3.63, 3.8) is 0 Å². The van der Waals surface area contributed by atoms with E-state index in [2.05, 4.69) is 11.4 Å². The lowest BCUT2D eigenvalue weighted by atomic mass is 9.97. The fourth-order valence-corrected chi connectivity index (χ4v) is 4.88. The van der Waals surface area contributed by atoms with Crippen LogP contribution in [0.15, 0.2) is 71.1 Å². The molecule has 0 aliphatic heterocycles. The van der Waals surface area contributed by atoms with Crippen LogP contribution in [0.25, 0.3) is 0 Å². The molecule has 1 aliphatic carbocycles. The molecule has 2 aromatic rings. The lowest BCUT2D eigenvalue weighted by molar-refractivity contribution is -0.121. The molecule has 0 spiro atoms.